The summed E-state index contributed by atoms with van der Waals surface area (Å²) in [4.78, 5) is 17.4. The van der Waals surface area contributed by atoms with Gasteiger partial charge in [0.25, 0.3) is 5.91 Å². The zero-order valence-electron chi connectivity index (χ0n) is 21.8. The van der Waals surface area contributed by atoms with Gasteiger partial charge in [-0.15, -0.1) is 0 Å². The van der Waals surface area contributed by atoms with Gasteiger partial charge in [-0.3, -0.25) is 4.79 Å². The zero-order chi connectivity index (χ0) is 26.0. The molecule has 4 rings (SSSR count). The lowest BCUT2D eigenvalue weighted by Gasteiger charge is -2.11. The quantitative estimate of drug-likeness (QED) is 0.242. The van der Waals surface area contributed by atoms with Crippen molar-refractivity contribution in [1.82, 2.24) is 14.9 Å². The minimum absolute atomic E-state index is 0.115. The standard InChI is InChI=1S/C30H35N3O4/c1-22-12-15-24(16-13-22)37-20-19-33-26-10-7-6-9-25(26)32-29(33)11-5-4-8-18-31-30(34)23-14-17-27(35-2)28(21-23)36-3/h6-7,9-10,12-17,21H,4-5,8,11,18-20H2,1-3H3,(H,31,34). The van der Waals surface area contributed by atoms with E-state index in [-0.39, 0.29) is 5.91 Å². The Morgan fingerprint density at radius 1 is 0.919 bits per heavy atom. The minimum Gasteiger partial charge on any atom is -0.493 e. The number of rotatable bonds is 13. The van der Waals surface area contributed by atoms with Gasteiger partial charge in [-0.25, -0.2) is 4.98 Å². The summed E-state index contributed by atoms with van der Waals surface area (Å²) in [5, 5.41) is 2.99. The van der Waals surface area contributed by atoms with Gasteiger partial charge >= 0.3 is 0 Å². The van der Waals surface area contributed by atoms with Crippen LogP contribution < -0.4 is 19.5 Å². The second-order valence-corrected chi connectivity index (χ2v) is 8.97. The molecule has 7 heteroatoms. The summed E-state index contributed by atoms with van der Waals surface area (Å²) in [6, 6.07) is 21.5. The number of unbranched alkanes of at least 4 members (excludes halogenated alkanes) is 2. The first-order valence-corrected chi connectivity index (χ1v) is 12.7. The molecular formula is C30H35N3O4. The maximum atomic E-state index is 12.5. The van der Waals surface area contributed by atoms with Gasteiger partial charge in [0.1, 0.15) is 18.2 Å². The number of nitrogens with one attached hydrogen (secondary N) is 1. The Kier molecular flexibility index (Phi) is 9.03. The minimum atomic E-state index is -0.115. The van der Waals surface area contributed by atoms with Crippen LogP contribution in [0.3, 0.4) is 0 Å². The van der Waals surface area contributed by atoms with E-state index in [2.05, 4.69) is 41.1 Å². The first-order chi connectivity index (χ1) is 18.1. The number of imidazole rings is 1. The highest BCUT2D eigenvalue weighted by Gasteiger charge is 2.12. The summed E-state index contributed by atoms with van der Waals surface area (Å²) >= 11 is 0. The number of carbonyl (C=O) groups is 1. The van der Waals surface area contributed by atoms with E-state index in [1.165, 1.54) is 5.56 Å². The average molecular weight is 502 g/mol. The van der Waals surface area contributed by atoms with Crippen LogP contribution in [0.2, 0.25) is 0 Å². The van der Waals surface area contributed by atoms with Crippen molar-refractivity contribution < 1.29 is 19.0 Å². The van der Waals surface area contributed by atoms with E-state index >= 15 is 0 Å². The molecule has 0 saturated carbocycles. The molecule has 0 atom stereocenters. The molecule has 0 spiro atoms. The Morgan fingerprint density at radius 3 is 2.49 bits per heavy atom. The van der Waals surface area contributed by atoms with Crippen molar-refractivity contribution in [2.24, 2.45) is 0 Å². The lowest BCUT2D eigenvalue weighted by molar-refractivity contribution is 0.0952. The number of aryl methyl sites for hydroxylation is 2. The van der Waals surface area contributed by atoms with Crippen molar-refractivity contribution in [1.29, 1.82) is 0 Å². The van der Waals surface area contributed by atoms with Crippen LogP contribution in [-0.2, 0) is 13.0 Å². The molecule has 37 heavy (non-hydrogen) atoms. The summed E-state index contributed by atoms with van der Waals surface area (Å²) in [5.74, 6) is 2.99. The second-order valence-electron chi connectivity index (χ2n) is 8.97. The summed E-state index contributed by atoms with van der Waals surface area (Å²) in [6.07, 6.45) is 3.77. The van der Waals surface area contributed by atoms with Gasteiger partial charge in [-0.05, 0) is 62.2 Å². The van der Waals surface area contributed by atoms with Crippen molar-refractivity contribution in [3.63, 3.8) is 0 Å². The summed E-state index contributed by atoms with van der Waals surface area (Å²) in [7, 11) is 3.14. The topological polar surface area (TPSA) is 74.6 Å². The maximum Gasteiger partial charge on any atom is 0.251 e. The van der Waals surface area contributed by atoms with Crippen LogP contribution in [0.25, 0.3) is 11.0 Å². The van der Waals surface area contributed by atoms with Crippen molar-refractivity contribution in [3.8, 4) is 17.2 Å². The third-order valence-corrected chi connectivity index (χ3v) is 6.35. The van der Waals surface area contributed by atoms with Gasteiger partial charge in [-0.2, -0.15) is 0 Å². The SMILES string of the molecule is COc1ccc(C(=O)NCCCCCc2nc3ccccc3n2CCOc2ccc(C)cc2)cc1OC. The molecule has 1 aromatic heterocycles. The van der Waals surface area contributed by atoms with Crippen molar-refractivity contribution >= 4 is 16.9 Å². The molecule has 0 bridgehead atoms. The molecule has 0 fully saturated rings. The van der Waals surface area contributed by atoms with Crippen LogP contribution in [0, 0.1) is 6.92 Å². The molecule has 0 aliphatic heterocycles. The highest BCUT2D eigenvalue weighted by atomic mass is 16.5. The van der Waals surface area contributed by atoms with Crippen molar-refractivity contribution in [2.45, 2.75) is 39.2 Å². The predicted octanol–water partition coefficient (Wildman–Crippen LogP) is 5.58. The van der Waals surface area contributed by atoms with E-state index in [1.54, 1.807) is 32.4 Å². The molecular weight excluding hydrogens is 466 g/mol. The van der Waals surface area contributed by atoms with Crippen molar-refractivity contribution in [3.05, 3.63) is 83.7 Å². The number of ether oxygens (including phenoxy) is 3. The lowest BCUT2D eigenvalue weighted by Crippen LogP contribution is -2.24. The monoisotopic (exact) mass is 501 g/mol. The average Bonchev–Trinajstić information content (AvgIpc) is 3.28. The number of nitrogens with zero attached hydrogens (tertiary/aromatic N) is 2. The molecule has 1 amide bonds. The number of methoxy groups -OCH3 is 2. The van der Waals surface area contributed by atoms with Gasteiger partial charge < -0.3 is 24.1 Å². The normalized spacial score (nSPS) is 10.9. The fourth-order valence-corrected chi connectivity index (χ4v) is 4.32. The molecule has 0 aliphatic rings. The number of amides is 1. The smallest absolute Gasteiger partial charge is 0.251 e. The van der Waals surface area contributed by atoms with Crippen LogP contribution in [0.4, 0.5) is 0 Å². The van der Waals surface area contributed by atoms with Crippen LogP contribution in [0.15, 0.2) is 66.7 Å². The molecule has 7 nitrogen and oxygen atoms in total. The molecule has 1 N–H and O–H groups in total. The number of para-hydroxylation sites is 2. The largest absolute Gasteiger partial charge is 0.493 e. The predicted molar refractivity (Wildman–Crippen MR) is 146 cm³/mol. The Hall–Kier alpha value is -4.00. The summed E-state index contributed by atoms with van der Waals surface area (Å²) < 4.78 is 18.8. The highest BCUT2D eigenvalue weighted by Crippen LogP contribution is 2.27. The van der Waals surface area contributed by atoms with Crippen LogP contribution in [0.1, 0.15) is 41.0 Å². The third-order valence-electron chi connectivity index (χ3n) is 6.35. The van der Waals surface area contributed by atoms with E-state index in [0.717, 1.165) is 54.8 Å². The lowest BCUT2D eigenvalue weighted by atomic mass is 10.1. The first kappa shape index (κ1) is 26.1. The Balaban J connectivity index is 1.26. The van der Waals surface area contributed by atoms with Gasteiger partial charge in [0.2, 0.25) is 0 Å². The van der Waals surface area contributed by atoms with E-state index < -0.39 is 0 Å². The Labute approximate surface area is 218 Å². The molecule has 0 radical (unpaired) electrons. The van der Waals surface area contributed by atoms with E-state index in [1.807, 2.05) is 24.3 Å². The van der Waals surface area contributed by atoms with Gasteiger partial charge in [0.05, 0.1) is 31.8 Å². The van der Waals surface area contributed by atoms with Crippen LogP contribution >= 0.6 is 0 Å². The number of hydrogen-bond acceptors (Lipinski definition) is 5. The van der Waals surface area contributed by atoms with Gasteiger partial charge in [0.15, 0.2) is 11.5 Å². The maximum absolute atomic E-state index is 12.5. The number of aromatic nitrogens is 2. The molecule has 194 valence electrons. The molecule has 0 saturated heterocycles. The van der Waals surface area contributed by atoms with Gasteiger partial charge in [-0.1, -0.05) is 36.2 Å². The fourth-order valence-electron chi connectivity index (χ4n) is 4.32. The number of carbonyl (C=O) groups excluding carboxylic acids is 1. The Bertz CT molecular complexity index is 1310. The highest BCUT2D eigenvalue weighted by molar-refractivity contribution is 5.94. The van der Waals surface area contributed by atoms with Crippen LogP contribution in [-0.4, -0.2) is 42.8 Å². The zero-order valence-corrected chi connectivity index (χ0v) is 21.8. The fraction of sp³-hybridized carbons (Fsp3) is 0.333. The third kappa shape index (κ3) is 6.82. The second kappa shape index (κ2) is 12.8. The van der Waals surface area contributed by atoms with Crippen LogP contribution in [0.5, 0.6) is 17.2 Å². The van der Waals surface area contributed by atoms with Crippen molar-refractivity contribution in [2.75, 3.05) is 27.4 Å². The Morgan fingerprint density at radius 2 is 1.70 bits per heavy atom. The molecule has 0 aliphatic carbocycles. The molecule has 4 aromatic rings. The van der Waals surface area contributed by atoms with E-state index in [0.29, 0.717) is 30.2 Å². The van der Waals surface area contributed by atoms with E-state index in [9.17, 15) is 4.79 Å². The number of benzene rings is 3. The molecule has 3 aromatic carbocycles. The summed E-state index contributed by atoms with van der Waals surface area (Å²) in [6.45, 7) is 4.01. The summed E-state index contributed by atoms with van der Waals surface area (Å²) in [5.41, 5.74) is 3.91. The van der Waals surface area contributed by atoms with E-state index in [4.69, 9.17) is 19.2 Å². The molecule has 1 heterocycles. The first-order valence-electron chi connectivity index (χ1n) is 12.7. The van der Waals surface area contributed by atoms with Gasteiger partial charge in [0, 0.05) is 18.5 Å². The molecule has 0 unspecified atom stereocenters. The number of fused-ring (bicyclic) bond motifs is 1. The number of hydrogen-bond donors (Lipinski definition) is 1.